The molecule has 41 heavy (non-hydrogen) atoms. The molecule has 3 rings (SSSR count). The molecule has 218 valence electrons. The van der Waals surface area contributed by atoms with E-state index in [9.17, 15) is 24.3 Å². The summed E-state index contributed by atoms with van der Waals surface area (Å²) in [5.74, 6) is -0.980. The van der Waals surface area contributed by atoms with E-state index in [2.05, 4.69) is 29.0 Å². The lowest BCUT2D eigenvalue weighted by Crippen LogP contribution is -2.30. The first-order chi connectivity index (χ1) is 19.4. The number of carbonyl (C=O) groups excluding carboxylic acids is 3. The van der Waals surface area contributed by atoms with Crippen LogP contribution in [0, 0.1) is 31.1 Å². The van der Waals surface area contributed by atoms with Gasteiger partial charge in [-0.2, -0.15) is 17.9 Å². The van der Waals surface area contributed by atoms with Crippen molar-refractivity contribution in [1.29, 1.82) is 5.26 Å². The number of nitrogens with zero attached hydrogens (tertiary/aromatic N) is 2. The fourth-order valence-electron chi connectivity index (χ4n) is 4.24. The van der Waals surface area contributed by atoms with Crippen molar-refractivity contribution in [2.24, 2.45) is 5.92 Å². The van der Waals surface area contributed by atoms with Gasteiger partial charge in [0.15, 0.2) is 11.6 Å². The molecule has 2 N–H and O–H groups in total. The third-order valence-corrected chi connectivity index (χ3v) is 6.16. The van der Waals surface area contributed by atoms with Crippen molar-refractivity contribution in [3.05, 3.63) is 76.6 Å². The molecule has 0 fully saturated rings. The molecule has 0 saturated heterocycles. The molecule has 2 aromatic rings. The standard InChI is InChI=1S/C23H27N3O3.C8H8O2.CH4S/c1-14(2)5-6-21(27)26-20(10-22(28)29)18-9-19(13-25-12-18)23-15(3)7-17(11-24)8-16(23)4;1-6(9)7-4-2-3-5-8(7)10;1-2/h7-9,12-14,20H,5-6,10H2,1-4H3,(H,26,27)(H,28,29);2-4H,5H2,1H3;2H,1H3. The number of aryl methyl sites for hydroxylation is 2. The summed E-state index contributed by atoms with van der Waals surface area (Å²) < 4.78 is 0. The molecular formula is C32H39N3O5S. The Bertz CT molecular complexity index is 1330. The van der Waals surface area contributed by atoms with Crippen LogP contribution in [-0.4, -0.2) is 39.8 Å². The minimum Gasteiger partial charge on any atom is -0.481 e. The lowest BCUT2D eigenvalue weighted by Gasteiger charge is -2.19. The zero-order valence-corrected chi connectivity index (χ0v) is 25.4. The highest BCUT2D eigenvalue weighted by Crippen LogP contribution is 2.30. The minimum atomic E-state index is -0.990. The normalized spacial score (nSPS) is 12.6. The van der Waals surface area contributed by atoms with Crippen molar-refractivity contribution >= 4 is 36.1 Å². The molecule has 0 saturated carbocycles. The third-order valence-electron chi connectivity index (χ3n) is 6.16. The van der Waals surface area contributed by atoms with Crippen LogP contribution in [0.2, 0.25) is 0 Å². The topological polar surface area (TPSA) is 137 Å². The van der Waals surface area contributed by atoms with E-state index in [0.29, 0.717) is 35.5 Å². The van der Waals surface area contributed by atoms with Crippen LogP contribution < -0.4 is 5.32 Å². The van der Waals surface area contributed by atoms with Gasteiger partial charge in [-0.3, -0.25) is 24.2 Å². The van der Waals surface area contributed by atoms with Crippen LogP contribution >= 0.6 is 12.6 Å². The lowest BCUT2D eigenvalue weighted by atomic mass is 9.93. The summed E-state index contributed by atoms with van der Waals surface area (Å²) in [6.07, 6.45) is 11.3. The van der Waals surface area contributed by atoms with E-state index in [1.165, 1.54) is 6.92 Å². The lowest BCUT2D eigenvalue weighted by molar-refractivity contribution is -0.138. The van der Waals surface area contributed by atoms with Gasteiger partial charge in [0.1, 0.15) is 0 Å². The van der Waals surface area contributed by atoms with Gasteiger partial charge in [0, 0.05) is 30.8 Å². The molecule has 1 atom stereocenters. The molecule has 0 bridgehead atoms. The van der Waals surface area contributed by atoms with Crippen LogP contribution in [0.3, 0.4) is 0 Å². The average Bonchev–Trinajstić information content (AvgIpc) is 2.92. The molecule has 1 heterocycles. The second-order valence-electron chi connectivity index (χ2n) is 9.95. The Morgan fingerprint density at radius 3 is 2.24 bits per heavy atom. The van der Waals surface area contributed by atoms with Crippen molar-refractivity contribution in [2.45, 2.75) is 66.3 Å². The maximum absolute atomic E-state index is 12.3. The molecule has 1 aromatic carbocycles. The number of ketones is 2. The number of carboxylic acids is 1. The van der Waals surface area contributed by atoms with E-state index in [4.69, 9.17) is 5.26 Å². The van der Waals surface area contributed by atoms with E-state index in [0.717, 1.165) is 28.7 Å². The van der Waals surface area contributed by atoms with Gasteiger partial charge in [-0.15, -0.1) is 0 Å². The number of hydrogen-bond donors (Lipinski definition) is 3. The monoisotopic (exact) mass is 577 g/mol. The van der Waals surface area contributed by atoms with Gasteiger partial charge in [-0.25, -0.2) is 0 Å². The van der Waals surface area contributed by atoms with Gasteiger partial charge >= 0.3 is 5.97 Å². The maximum atomic E-state index is 12.3. The molecule has 1 aromatic heterocycles. The van der Waals surface area contributed by atoms with E-state index < -0.39 is 12.0 Å². The van der Waals surface area contributed by atoms with Gasteiger partial charge in [0.05, 0.1) is 29.7 Å². The second kappa shape index (κ2) is 17.6. The van der Waals surface area contributed by atoms with Crippen LogP contribution in [0.25, 0.3) is 11.1 Å². The number of amides is 1. The first-order valence-corrected chi connectivity index (χ1v) is 14.2. The predicted molar refractivity (Wildman–Crippen MR) is 164 cm³/mol. The molecule has 0 spiro atoms. The van der Waals surface area contributed by atoms with Gasteiger partial charge in [0.2, 0.25) is 5.91 Å². The largest absolute Gasteiger partial charge is 0.481 e. The van der Waals surface area contributed by atoms with Gasteiger partial charge < -0.3 is 10.4 Å². The SMILES string of the molecule is CC(=O)C1=CC=CCC1=O.CS.Cc1cc(C#N)cc(C)c1-c1cncc(C(CC(=O)O)NC(=O)CCC(C)C)c1. The number of hydrogen-bond acceptors (Lipinski definition) is 7. The van der Waals surface area contributed by atoms with Gasteiger partial charge in [-0.1, -0.05) is 26.0 Å². The summed E-state index contributed by atoms with van der Waals surface area (Å²) in [6, 6.07) is 7.00. The molecular weight excluding hydrogens is 538 g/mol. The summed E-state index contributed by atoms with van der Waals surface area (Å²) in [5.41, 5.74) is 5.22. The van der Waals surface area contributed by atoms with Crippen molar-refractivity contribution in [3.63, 3.8) is 0 Å². The second-order valence-corrected chi connectivity index (χ2v) is 9.95. The number of carboxylic acid groups (broad SMARTS) is 1. The number of aromatic nitrogens is 1. The Balaban J connectivity index is 0.000000584. The number of carbonyl (C=O) groups is 4. The van der Waals surface area contributed by atoms with Crippen LogP contribution in [0.4, 0.5) is 0 Å². The number of aliphatic carboxylic acids is 1. The van der Waals surface area contributed by atoms with E-state index in [1.807, 2.05) is 45.9 Å². The average molecular weight is 578 g/mol. The number of nitrogens with one attached hydrogen (secondary N) is 1. The zero-order valence-electron chi connectivity index (χ0n) is 24.5. The Morgan fingerprint density at radius 1 is 1.12 bits per heavy atom. The Kier molecular flexibility index (Phi) is 15.0. The van der Waals surface area contributed by atoms with E-state index >= 15 is 0 Å². The van der Waals surface area contributed by atoms with Crippen LogP contribution in [0.5, 0.6) is 0 Å². The highest BCUT2D eigenvalue weighted by atomic mass is 32.1. The summed E-state index contributed by atoms with van der Waals surface area (Å²) in [7, 11) is 0. The Morgan fingerprint density at radius 2 is 1.76 bits per heavy atom. The highest BCUT2D eigenvalue weighted by molar-refractivity contribution is 7.79. The number of thiol groups is 1. The summed E-state index contributed by atoms with van der Waals surface area (Å²) in [5, 5.41) is 21.3. The summed E-state index contributed by atoms with van der Waals surface area (Å²) in [6.45, 7) is 9.34. The number of Topliss-reactive ketones (excluding diaryl/α,β-unsaturated/α-hetero) is 2. The molecule has 0 aliphatic heterocycles. The molecule has 9 heteroatoms. The third kappa shape index (κ3) is 11.5. The van der Waals surface area contributed by atoms with Crippen molar-refractivity contribution in [3.8, 4) is 17.2 Å². The highest BCUT2D eigenvalue weighted by Gasteiger charge is 2.20. The quantitative estimate of drug-likeness (QED) is 0.250. The fourth-order valence-corrected chi connectivity index (χ4v) is 4.24. The van der Waals surface area contributed by atoms with Gasteiger partial charge in [-0.05, 0) is 85.9 Å². The smallest absolute Gasteiger partial charge is 0.305 e. The summed E-state index contributed by atoms with van der Waals surface area (Å²) in [4.78, 5) is 49.5. The van der Waals surface area contributed by atoms with Crippen LogP contribution in [0.1, 0.15) is 74.8 Å². The molecule has 1 aliphatic rings. The number of pyridine rings is 1. The van der Waals surface area contributed by atoms with E-state index in [-0.39, 0.29) is 23.9 Å². The number of benzene rings is 1. The van der Waals surface area contributed by atoms with Crippen molar-refractivity contribution in [1.82, 2.24) is 10.3 Å². The molecule has 1 amide bonds. The first kappa shape index (κ1) is 35.0. The maximum Gasteiger partial charge on any atom is 0.305 e. The molecule has 1 unspecified atom stereocenters. The molecule has 0 radical (unpaired) electrons. The minimum absolute atomic E-state index is 0.0741. The van der Waals surface area contributed by atoms with Crippen molar-refractivity contribution < 1.29 is 24.3 Å². The molecule has 1 aliphatic carbocycles. The van der Waals surface area contributed by atoms with Crippen LogP contribution in [-0.2, 0) is 19.2 Å². The predicted octanol–water partition coefficient (Wildman–Crippen LogP) is 5.88. The summed E-state index contributed by atoms with van der Waals surface area (Å²) >= 11 is 3.53. The van der Waals surface area contributed by atoms with Crippen molar-refractivity contribution in [2.75, 3.05) is 6.26 Å². The van der Waals surface area contributed by atoms with E-state index in [1.54, 1.807) is 36.9 Å². The number of allylic oxidation sites excluding steroid dienone is 4. The zero-order chi connectivity index (χ0) is 31.1. The Labute approximate surface area is 248 Å². The fraction of sp³-hybridized carbons (Fsp3) is 0.375. The van der Waals surface area contributed by atoms with Crippen LogP contribution in [0.15, 0.2) is 54.4 Å². The van der Waals surface area contributed by atoms with Gasteiger partial charge in [0.25, 0.3) is 0 Å². The number of nitriles is 1. The Hall–Kier alpha value is -4.03. The number of rotatable bonds is 9. The first-order valence-electron chi connectivity index (χ1n) is 13.3. The molecule has 8 nitrogen and oxygen atoms in total.